The molecule has 2 rings (SSSR count). The lowest BCUT2D eigenvalue weighted by molar-refractivity contribution is 0.478. The van der Waals surface area contributed by atoms with Crippen molar-refractivity contribution in [1.82, 2.24) is 0 Å². The van der Waals surface area contributed by atoms with Crippen LogP contribution in [0.3, 0.4) is 0 Å². The molecule has 1 aromatic carbocycles. The Kier molecular flexibility index (Phi) is 6.98. The van der Waals surface area contributed by atoms with Gasteiger partial charge >= 0.3 is 0 Å². The summed E-state index contributed by atoms with van der Waals surface area (Å²) in [6, 6.07) is 4.10. The van der Waals surface area contributed by atoms with Crippen molar-refractivity contribution in [1.29, 1.82) is 0 Å². The zero-order chi connectivity index (χ0) is 14.9. The first-order valence-electron chi connectivity index (χ1n) is 8.47. The predicted molar refractivity (Wildman–Crippen MR) is 84.6 cm³/mol. The van der Waals surface area contributed by atoms with Gasteiger partial charge in [0.2, 0.25) is 0 Å². The summed E-state index contributed by atoms with van der Waals surface area (Å²) in [4.78, 5) is 0. The number of hydrogen-bond donors (Lipinski definition) is 1. The summed E-state index contributed by atoms with van der Waals surface area (Å²) in [5.74, 6) is -1.00. The van der Waals surface area contributed by atoms with Crippen molar-refractivity contribution in [2.75, 3.05) is 5.32 Å². The molecule has 0 aliphatic heterocycles. The molecule has 118 valence electrons. The maximum Gasteiger partial charge on any atom is 0.149 e. The SMILES string of the molecule is Fc1ccc(NC2CCCCCCCCCCC2)c(F)c1. The lowest BCUT2D eigenvalue weighted by Gasteiger charge is -2.21. The number of hydrogen-bond acceptors (Lipinski definition) is 1. The molecule has 0 bridgehead atoms. The molecule has 1 saturated carbocycles. The molecule has 1 aliphatic rings. The summed E-state index contributed by atoms with van der Waals surface area (Å²) in [7, 11) is 0. The minimum atomic E-state index is -0.517. The molecule has 3 heteroatoms. The average Bonchev–Trinajstić information content (AvgIpc) is 2.44. The van der Waals surface area contributed by atoms with Crippen molar-refractivity contribution in [3.8, 4) is 0 Å². The largest absolute Gasteiger partial charge is 0.380 e. The number of anilines is 1. The monoisotopic (exact) mass is 295 g/mol. The van der Waals surface area contributed by atoms with Gasteiger partial charge in [-0.15, -0.1) is 0 Å². The van der Waals surface area contributed by atoms with Gasteiger partial charge in [-0.25, -0.2) is 8.78 Å². The molecular formula is C18H27F2N. The van der Waals surface area contributed by atoms with E-state index in [1.807, 2.05) is 0 Å². The van der Waals surface area contributed by atoms with E-state index < -0.39 is 11.6 Å². The maximum atomic E-state index is 13.7. The van der Waals surface area contributed by atoms with Gasteiger partial charge in [-0.05, 0) is 25.0 Å². The van der Waals surface area contributed by atoms with E-state index in [9.17, 15) is 8.78 Å². The summed E-state index contributed by atoms with van der Waals surface area (Å²) >= 11 is 0. The van der Waals surface area contributed by atoms with Gasteiger partial charge in [0.05, 0.1) is 5.69 Å². The molecule has 0 heterocycles. The molecular weight excluding hydrogens is 268 g/mol. The minimum absolute atomic E-state index is 0.310. The van der Waals surface area contributed by atoms with E-state index >= 15 is 0 Å². The third kappa shape index (κ3) is 6.03. The summed E-state index contributed by atoms with van der Waals surface area (Å²) in [5, 5.41) is 3.29. The van der Waals surface area contributed by atoms with Crippen molar-refractivity contribution >= 4 is 5.69 Å². The minimum Gasteiger partial charge on any atom is -0.380 e. The Bertz CT molecular complexity index is 408. The van der Waals surface area contributed by atoms with Gasteiger partial charge in [0.25, 0.3) is 0 Å². The van der Waals surface area contributed by atoms with Crippen LogP contribution in [0.15, 0.2) is 18.2 Å². The highest BCUT2D eigenvalue weighted by atomic mass is 19.1. The second kappa shape index (κ2) is 9.01. The highest BCUT2D eigenvalue weighted by molar-refractivity contribution is 5.45. The Morgan fingerprint density at radius 2 is 1.29 bits per heavy atom. The smallest absolute Gasteiger partial charge is 0.149 e. The van der Waals surface area contributed by atoms with E-state index in [2.05, 4.69) is 5.32 Å². The Morgan fingerprint density at radius 3 is 1.81 bits per heavy atom. The van der Waals surface area contributed by atoms with Gasteiger partial charge in [-0.3, -0.25) is 0 Å². The summed E-state index contributed by atoms with van der Waals surface area (Å²) in [6.07, 6.45) is 13.8. The average molecular weight is 295 g/mol. The van der Waals surface area contributed by atoms with Crippen LogP contribution in [0.1, 0.15) is 70.6 Å². The number of benzene rings is 1. The van der Waals surface area contributed by atoms with E-state index in [1.165, 1.54) is 69.9 Å². The molecule has 0 amide bonds. The molecule has 1 N–H and O–H groups in total. The fraction of sp³-hybridized carbons (Fsp3) is 0.667. The van der Waals surface area contributed by atoms with Crippen LogP contribution in [-0.2, 0) is 0 Å². The van der Waals surface area contributed by atoms with Gasteiger partial charge in [-0.1, -0.05) is 57.8 Å². The van der Waals surface area contributed by atoms with Crippen molar-refractivity contribution in [2.24, 2.45) is 0 Å². The molecule has 1 fully saturated rings. The van der Waals surface area contributed by atoms with Crippen LogP contribution < -0.4 is 5.32 Å². The van der Waals surface area contributed by atoms with Gasteiger partial charge in [-0.2, -0.15) is 0 Å². The zero-order valence-electron chi connectivity index (χ0n) is 12.8. The first-order chi connectivity index (χ1) is 10.3. The number of nitrogens with one attached hydrogen (secondary N) is 1. The first-order valence-corrected chi connectivity index (χ1v) is 8.47. The van der Waals surface area contributed by atoms with Gasteiger partial charge in [0, 0.05) is 12.1 Å². The van der Waals surface area contributed by atoms with E-state index in [1.54, 1.807) is 0 Å². The predicted octanol–water partition coefficient (Wildman–Crippen LogP) is 6.05. The van der Waals surface area contributed by atoms with Gasteiger partial charge < -0.3 is 5.32 Å². The third-order valence-corrected chi connectivity index (χ3v) is 4.40. The van der Waals surface area contributed by atoms with E-state index in [4.69, 9.17) is 0 Å². The van der Waals surface area contributed by atoms with Gasteiger partial charge in [0.15, 0.2) is 0 Å². The van der Waals surface area contributed by atoms with Gasteiger partial charge in [0.1, 0.15) is 11.6 Å². The fourth-order valence-electron chi connectivity index (χ4n) is 3.13. The van der Waals surface area contributed by atoms with Crippen molar-refractivity contribution in [3.63, 3.8) is 0 Å². The number of halogens is 2. The zero-order valence-corrected chi connectivity index (χ0v) is 12.8. The van der Waals surface area contributed by atoms with E-state index in [0.717, 1.165) is 18.9 Å². The standard InChI is InChI=1S/C18H27F2N/c19-15-12-13-18(17(20)14-15)21-16-10-8-6-4-2-1-3-5-7-9-11-16/h12-14,16,21H,1-11H2. The Balaban J connectivity index is 1.90. The molecule has 0 aromatic heterocycles. The highest BCUT2D eigenvalue weighted by Crippen LogP contribution is 2.22. The quantitative estimate of drug-likeness (QED) is 0.700. The van der Waals surface area contributed by atoms with E-state index in [0.29, 0.717) is 11.7 Å². The first kappa shape index (κ1) is 16.3. The molecule has 1 aromatic rings. The van der Waals surface area contributed by atoms with Crippen LogP contribution in [0.4, 0.5) is 14.5 Å². The normalized spacial score (nSPS) is 19.5. The van der Waals surface area contributed by atoms with Crippen LogP contribution in [0.2, 0.25) is 0 Å². The van der Waals surface area contributed by atoms with Crippen molar-refractivity contribution < 1.29 is 8.78 Å². The number of rotatable bonds is 2. The molecule has 0 spiro atoms. The molecule has 1 aliphatic carbocycles. The molecule has 21 heavy (non-hydrogen) atoms. The molecule has 1 nitrogen and oxygen atoms in total. The Hall–Kier alpha value is -1.12. The third-order valence-electron chi connectivity index (χ3n) is 4.40. The van der Waals surface area contributed by atoms with Crippen molar-refractivity contribution in [2.45, 2.75) is 76.7 Å². The maximum absolute atomic E-state index is 13.7. The van der Waals surface area contributed by atoms with Crippen LogP contribution in [0.25, 0.3) is 0 Å². The van der Waals surface area contributed by atoms with Crippen LogP contribution in [0.5, 0.6) is 0 Å². The topological polar surface area (TPSA) is 12.0 Å². The second-order valence-electron chi connectivity index (χ2n) is 6.22. The van der Waals surface area contributed by atoms with E-state index in [-0.39, 0.29) is 0 Å². The van der Waals surface area contributed by atoms with Crippen molar-refractivity contribution in [3.05, 3.63) is 29.8 Å². The summed E-state index contributed by atoms with van der Waals surface area (Å²) in [5.41, 5.74) is 0.438. The molecule has 0 saturated heterocycles. The molecule has 0 unspecified atom stereocenters. The highest BCUT2D eigenvalue weighted by Gasteiger charge is 2.12. The van der Waals surface area contributed by atoms with Crippen LogP contribution >= 0.6 is 0 Å². The molecule has 0 radical (unpaired) electrons. The Morgan fingerprint density at radius 1 is 0.762 bits per heavy atom. The Labute approximate surface area is 127 Å². The van der Waals surface area contributed by atoms with Crippen LogP contribution in [0, 0.1) is 11.6 Å². The lowest BCUT2D eigenvalue weighted by Crippen LogP contribution is -2.20. The lowest BCUT2D eigenvalue weighted by atomic mass is 9.97. The van der Waals surface area contributed by atoms with Crippen LogP contribution in [-0.4, -0.2) is 6.04 Å². The summed E-state index contributed by atoms with van der Waals surface area (Å²) in [6.45, 7) is 0. The second-order valence-corrected chi connectivity index (χ2v) is 6.22. The fourth-order valence-corrected chi connectivity index (χ4v) is 3.13. The summed E-state index contributed by atoms with van der Waals surface area (Å²) < 4.78 is 26.7. The molecule has 0 atom stereocenters.